The van der Waals surface area contributed by atoms with Crippen molar-refractivity contribution in [1.82, 2.24) is 20.2 Å². The minimum Gasteiger partial charge on any atom is -0.444 e. The molecule has 184 valence electrons. The van der Waals surface area contributed by atoms with Crippen molar-refractivity contribution in [2.24, 2.45) is 0 Å². The lowest BCUT2D eigenvalue weighted by Crippen LogP contribution is -2.53. The third-order valence-corrected chi connectivity index (χ3v) is 7.13. The van der Waals surface area contributed by atoms with Crippen LogP contribution in [-0.2, 0) is 16.0 Å². The number of carbonyl (C=O) groups is 2. The summed E-state index contributed by atoms with van der Waals surface area (Å²) < 4.78 is 5.35. The van der Waals surface area contributed by atoms with Gasteiger partial charge in [-0.1, -0.05) is 19.4 Å². The largest absolute Gasteiger partial charge is 0.444 e. The Morgan fingerprint density at radius 1 is 1.24 bits per heavy atom. The topological polar surface area (TPSA) is 96.5 Å². The van der Waals surface area contributed by atoms with Gasteiger partial charge in [0.15, 0.2) is 5.13 Å². The molecular weight excluding hydrogens is 450 g/mol. The van der Waals surface area contributed by atoms with Crippen molar-refractivity contribution in [3.05, 3.63) is 35.0 Å². The lowest BCUT2D eigenvalue weighted by Gasteiger charge is -2.34. The molecule has 9 heteroatoms. The van der Waals surface area contributed by atoms with Crippen molar-refractivity contribution in [3.63, 3.8) is 0 Å². The van der Waals surface area contributed by atoms with Crippen LogP contribution in [0.15, 0.2) is 24.4 Å². The molecule has 1 saturated carbocycles. The zero-order valence-corrected chi connectivity index (χ0v) is 21.3. The summed E-state index contributed by atoms with van der Waals surface area (Å²) in [4.78, 5) is 37.8. The standard InChI is InChI=1S/C25H35N5O3S/c1-5-7-18-16-26-22(34-18)28-20-9-6-8-19(27-20)17-10-14-30(15-11-17)21(31)25(12-13-25)29-23(32)33-24(2,3)4/h6,8-9,16-17H,5,7,10-15H2,1-4H3,(H,29,32)(H,26,27,28). The van der Waals surface area contributed by atoms with Crippen LogP contribution in [0.5, 0.6) is 0 Å². The van der Waals surface area contributed by atoms with E-state index in [4.69, 9.17) is 9.72 Å². The number of aromatic nitrogens is 2. The lowest BCUT2D eigenvalue weighted by molar-refractivity contribution is -0.135. The van der Waals surface area contributed by atoms with Crippen molar-refractivity contribution >= 4 is 34.3 Å². The molecule has 2 aliphatic rings. The fourth-order valence-electron chi connectivity index (χ4n) is 4.28. The first kappa shape index (κ1) is 24.4. The lowest BCUT2D eigenvalue weighted by atomic mass is 9.92. The van der Waals surface area contributed by atoms with Crippen LogP contribution >= 0.6 is 11.3 Å². The highest BCUT2D eigenvalue weighted by molar-refractivity contribution is 7.15. The molecule has 4 rings (SSSR count). The van der Waals surface area contributed by atoms with Crippen molar-refractivity contribution in [1.29, 1.82) is 0 Å². The third-order valence-electron chi connectivity index (χ3n) is 6.16. The maximum Gasteiger partial charge on any atom is 0.408 e. The molecule has 2 aromatic heterocycles. The molecule has 8 nitrogen and oxygen atoms in total. The second-order valence-corrected chi connectivity index (χ2v) is 11.3. The molecule has 1 aliphatic carbocycles. The van der Waals surface area contributed by atoms with E-state index in [2.05, 4.69) is 28.6 Å². The Bertz CT molecular complexity index is 1020. The van der Waals surface area contributed by atoms with Gasteiger partial charge in [0.25, 0.3) is 0 Å². The predicted octanol–water partition coefficient (Wildman–Crippen LogP) is 5.00. The Hall–Kier alpha value is -2.68. The smallest absolute Gasteiger partial charge is 0.408 e. The Kier molecular flexibility index (Phi) is 7.12. The molecule has 0 spiro atoms. The van der Waals surface area contributed by atoms with Crippen LogP contribution in [0.2, 0.25) is 0 Å². The summed E-state index contributed by atoms with van der Waals surface area (Å²) in [5.74, 6) is 1.10. The molecule has 34 heavy (non-hydrogen) atoms. The number of rotatable bonds is 7. The number of thiazole rings is 1. The zero-order valence-electron chi connectivity index (χ0n) is 20.5. The number of likely N-dealkylation sites (tertiary alicyclic amines) is 1. The average Bonchev–Trinajstić information content (AvgIpc) is 3.43. The number of aryl methyl sites for hydroxylation is 1. The number of hydrogen-bond donors (Lipinski definition) is 2. The number of carbonyl (C=O) groups excluding carboxylic acids is 2. The molecule has 3 heterocycles. The highest BCUT2D eigenvalue weighted by Crippen LogP contribution is 2.39. The number of hydrogen-bond acceptors (Lipinski definition) is 7. The van der Waals surface area contributed by atoms with Gasteiger partial charge in [-0.25, -0.2) is 14.8 Å². The second kappa shape index (κ2) is 9.90. The van der Waals surface area contributed by atoms with Gasteiger partial charge < -0.3 is 20.3 Å². The van der Waals surface area contributed by atoms with Crippen molar-refractivity contribution in [2.75, 3.05) is 18.4 Å². The number of nitrogens with one attached hydrogen (secondary N) is 2. The van der Waals surface area contributed by atoms with Crippen molar-refractivity contribution in [3.8, 4) is 0 Å². The number of piperidine rings is 1. The first-order chi connectivity index (χ1) is 16.2. The van der Waals surface area contributed by atoms with Gasteiger partial charge in [-0.2, -0.15) is 0 Å². The summed E-state index contributed by atoms with van der Waals surface area (Å²) >= 11 is 1.67. The number of pyridine rings is 1. The summed E-state index contributed by atoms with van der Waals surface area (Å²) in [6.45, 7) is 8.94. The van der Waals surface area contributed by atoms with E-state index in [1.54, 1.807) is 11.3 Å². The minimum absolute atomic E-state index is 0.00633. The molecule has 0 atom stereocenters. The van der Waals surface area contributed by atoms with Crippen LogP contribution in [0.3, 0.4) is 0 Å². The first-order valence-corrected chi connectivity index (χ1v) is 13.0. The third kappa shape index (κ3) is 6.05. The van der Waals surface area contributed by atoms with Gasteiger partial charge in [-0.15, -0.1) is 11.3 Å². The summed E-state index contributed by atoms with van der Waals surface area (Å²) in [5.41, 5.74) is -0.341. The monoisotopic (exact) mass is 485 g/mol. The molecule has 0 aromatic carbocycles. The SMILES string of the molecule is CCCc1cnc(Nc2cccc(C3CCN(C(=O)C4(NC(=O)OC(C)(C)C)CC4)CC3)n2)s1. The van der Waals surface area contributed by atoms with Gasteiger partial charge in [-0.05, 0) is 65.0 Å². The van der Waals surface area contributed by atoms with Crippen LogP contribution in [0.4, 0.5) is 15.7 Å². The van der Waals surface area contributed by atoms with E-state index in [-0.39, 0.29) is 5.91 Å². The summed E-state index contributed by atoms with van der Waals surface area (Å²) in [7, 11) is 0. The van der Waals surface area contributed by atoms with E-state index in [1.165, 1.54) is 4.88 Å². The van der Waals surface area contributed by atoms with Crippen LogP contribution in [0.1, 0.15) is 76.3 Å². The van der Waals surface area contributed by atoms with E-state index in [0.29, 0.717) is 31.8 Å². The predicted molar refractivity (Wildman–Crippen MR) is 134 cm³/mol. The molecular formula is C25H35N5O3S. The van der Waals surface area contributed by atoms with Crippen molar-refractivity contribution in [2.45, 2.75) is 83.3 Å². The van der Waals surface area contributed by atoms with Crippen LogP contribution in [0.25, 0.3) is 0 Å². The molecule has 2 fully saturated rings. The summed E-state index contributed by atoms with van der Waals surface area (Å²) in [5, 5.41) is 7.02. The fourth-order valence-corrected chi connectivity index (χ4v) is 5.20. The maximum atomic E-state index is 13.2. The Labute approximate surface area is 205 Å². The Morgan fingerprint density at radius 3 is 2.62 bits per heavy atom. The highest BCUT2D eigenvalue weighted by Gasteiger charge is 2.54. The maximum absolute atomic E-state index is 13.2. The van der Waals surface area contributed by atoms with Gasteiger partial charge in [0.1, 0.15) is 17.0 Å². The Balaban J connectivity index is 1.32. The number of nitrogens with zero attached hydrogens (tertiary/aromatic N) is 3. The normalized spacial score (nSPS) is 17.8. The first-order valence-electron chi connectivity index (χ1n) is 12.2. The highest BCUT2D eigenvalue weighted by atomic mass is 32.1. The fraction of sp³-hybridized carbons (Fsp3) is 0.600. The van der Waals surface area contributed by atoms with Gasteiger partial charge >= 0.3 is 6.09 Å². The number of anilines is 2. The molecule has 2 aromatic rings. The van der Waals surface area contributed by atoms with Gasteiger partial charge in [0.05, 0.1) is 0 Å². The van der Waals surface area contributed by atoms with Crippen LogP contribution in [0, 0.1) is 0 Å². The molecule has 0 unspecified atom stereocenters. The van der Waals surface area contributed by atoms with E-state index in [9.17, 15) is 9.59 Å². The van der Waals surface area contributed by atoms with Gasteiger partial charge in [0, 0.05) is 35.8 Å². The van der Waals surface area contributed by atoms with Crippen molar-refractivity contribution < 1.29 is 14.3 Å². The minimum atomic E-state index is -0.790. The Morgan fingerprint density at radius 2 is 1.97 bits per heavy atom. The number of ether oxygens (including phenoxy) is 1. The molecule has 1 aliphatic heterocycles. The zero-order chi connectivity index (χ0) is 24.3. The van der Waals surface area contributed by atoms with Crippen LogP contribution in [-0.4, -0.2) is 51.1 Å². The van der Waals surface area contributed by atoms with E-state index < -0.39 is 17.2 Å². The average molecular weight is 486 g/mol. The number of alkyl carbamates (subject to hydrolysis) is 1. The quantitative estimate of drug-likeness (QED) is 0.573. The molecule has 2 amide bonds. The van der Waals surface area contributed by atoms with Crippen LogP contribution < -0.4 is 10.6 Å². The summed E-state index contributed by atoms with van der Waals surface area (Å²) in [6.07, 6.45) is 6.58. The van der Waals surface area contributed by atoms with Gasteiger partial charge in [0.2, 0.25) is 5.91 Å². The molecule has 0 bridgehead atoms. The van der Waals surface area contributed by atoms with E-state index in [1.807, 2.05) is 44.0 Å². The van der Waals surface area contributed by atoms with Gasteiger partial charge in [-0.3, -0.25) is 4.79 Å². The van der Waals surface area contributed by atoms with E-state index in [0.717, 1.165) is 42.3 Å². The molecule has 1 saturated heterocycles. The molecule has 0 radical (unpaired) electrons. The second-order valence-electron chi connectivity index (χ2n) is 10.2. The van der Waals surface area contributed by atoms with E-state index >= 15 is 0 Å². The number of amides is 2. The molecule has 2 N–H and O–H groups in total. The summed E-state index contributed by atoms with van der Waals surface area (Å²) in [6, 6.07) is 6.04.